The Labute approximate surface area is 297 Å². The average molecular weight is 710 g/mol. The second-order valence-corrected chi connectivity index (χ2v) is 15.0. The summed E-state index contributed by atoms with van der Waals surface area (Å²) in [4.78, 5) is 27.4. The van der Waals surface area contributed by atoms with E-state index in [0.717, 1.165) is 81.5 Å². The molecule has 0 radical (unpaired) electrons. The number of nitrogens with one attached hydrogen (secondary N) is 1. The van der Waals surface area contributed by atoms with Crippen LogP contribution in [0.5, 0.6) is 5.75 Å². The maximum absolute atomic E-state index is 14.8. The van der Waals surface area contributed by atoms with Crippen molar-refractivity contribution in [2.75, 3.05) is 50.1 Å². The lowest BCUT2D eigenvalue weighted by atomic mass is 10.0. The molecule has 1 saturated heterocycles. The van der Waals surface area contributed by atoms with E-state index in [1.165, 1.54) is 30.9 Å². The van der Waals surface area contributed by atoms with E-state index in [0.29, 0.717) is 35.9 Å². The highest BCUT2D eigenvalue weighted by atomic mass is 32.1. The van der Waals surface area contributed by atoms with Crippen LogP contribution in [0.15, 0.2) is 42.5 Å². The second kappa shape index (κ2) is 13.9. The minimum Gasteiger partial charge on any atom is -0.491 e. The standard InChI is InChI=1S/C37H36FN7O3S2/c1-22-26-9-6-16-45(34(26)43-42-33(22)41-36-39-28-10-3-4-11-30(28)49-36)37-40-32(35(46)47-2)31(50-37)12-7-17-48-29-14-13-23(18-27(29)38)8-5-15-44-20-24-19-25(24)21-44/h3-4,10-11,13-14,18,24-25H,6-7,9,12,15-17,19-21H2,1-2H3,(H,39,41,42)/t24-,25+. The maximum atomic E-state index is 14.8. The van der Waals surface area contributed by atoms with E-state index in [4.69, 9.17) is 14.5 Å². The van der Waals surface area contributed by atoms with Gasteiger partial charge in [-0.15, -0.1) is 21.5 Å². The van der Waals surface area contributed by atoms with E-state index in [1.807, 2.05) is 36.1 Å². The van der Waals surface area contributed by atoms with Crippen LogP contribution < -0.4 is 15.0 Å². The first-order valence-corrected chi connectivity index (χ1v) is 18.5. The van der Waals surface area contributed by atoms with Crippen molar-refractivity contribution in [2.45, 2.75) is 39.0 Å². The normalized spacial score (nSPS) is 17.9. The van der Waals surface area contributed by atoms with Gasteiger partial charge in [0.25, 0.3) is 0 Å². The number of nitrogens with zero attached hydrogens (tertiary/aromatic N) is 6. The van der Waals surface area contributed by atoms with Crippen molar-refractivity contribution in [3.8, 4) is 17.6 Å². The maximum Gasteiger partial charge on any atom is 0.357 e. The molecule has 0 unspecified atom stereocenters. The SMILES string of the molecule is COC(=O)c1nc(N2CCCc3c2nnc(Nc2nc4ccccc4s2)c3C)sc1CCCOc1ccc(C#CCN2C[C@H]3C[C@H]3C2)cc1F. The number of aromatic nitrogens is 4. The van der Waals surface area contributed by atoms with Crippen molar-refractivity contribution in [3.05, 3.63) is 75.5 Å². The van der Waals surface area contributed by atoms with Crippen LogP contribution >= 0.6 is 22.7 Å². The number of thiazole rings is 2. The number of aryl methyl sites for hydroxylation is 1. The number of carbonyl (C=O) groups is 1. The number of rotatable bonds is 10. The first-order valence-electron chi connectivity index (χ1n) is 16.9. The zero-order valence-corrected chi connectivity index (χ0v) is 29.5. The Hall–Kier alpha value is -4.64. The smallest absolute Gasteiger partial charge is 0.357 e. The lowest BCUT2D eigenvalue weighted by Gasteiger charge is -2.28. The molecule has 2 fully saturated rings. The van der Waals surface area contributed by atoms with E-state index in [-0.39, 0.29) is 18.1 Å². The van der Waals surface area contributed by atoms with Gasteiger partial charge < -0.3 is 19.7 Å². The lowest BCUT2D eigenvalue weighted by molar-refractivity contribution is 0.0593. The van der Waals surface area contributed by atoms with Crippen molar-refractivity contribution in [1.82, 2.24) is 25.1 Å². The van der Waals surface area contributed by atoms with Crippen molar-refractivity contribution < 1.29 is 18.7 Å². The van der Waals surface area contributed by atoms with Crippen LogP contribution in [0.3, 0.4) is 0 Å². The van der Waals surface area contributed by atoms with Gasteiger partial charge in [-0.1, -0.05) is 35.3 Å². The molecule has 2 aromatic carbocycles. The number of carbonyl (C=O) groups excluding carboxylic acids is 1. The molecule has 10 nitrogen and oxygen atoms in total. The third kappa shape index (κ3) is 6.75. The number of benzene rings is 2. The third-order valence-corrected chi connectivity index (χ3v) is 11.6. The van der Waals surface area contributed by atoms with Gasteiger partial charge in [-0.3, -0.25) is 4.90 Å². The van der Waals surface area contributed by atoms with E-state index >= 15 is 0 Å². The van der Waals surface area contributed by atoms with Crippen LogP contribution in [0.2, 0.25) is 0 Å². The van der Waals surface area contributed by atoms with Crippen molar-refractivity contribution in [3.63, 3.8) is 0 Å². The molecule has 1 aliphatic carbocycles. The van der Waals surface area contributed by atoms with Crippen LogP contribution in [0.4, 0.5) is 26.3 Å². The Balaban J connectivity index is 0.919. The number of para-hydroxylation sites is 1. The molecule has 3 aromatic heterocycles. The number of hydrogen-bond donors (Lipinski definition) is 1. The summed E-state index contributed by atoms with van der Waals surface area (Å²) in [7, 11) is 1.35. The van der Waals surface area contributed by atoms with E-state index in [2.05, 4.69) is 37.2 Å². The second-order valence-electron chi connectivity index (χ2n) is 13.0. The van der Waals surface area contributed by atoms with Crippen LogP contribution in [-0.2, 0) is 17.6 Å². The summed E-state index contributed by atoms with van der Waals surface area (Å²) in [5, 5.41) is 14.0. The van der Waals surface area contributed by atoms with Gasteiger partial charge in [0, 0.05) is 41.2 Å². The van der Waals surface area contributed by atoms with Crippen LogP contribution in [-0.4, -0.2) is 70.9 Å². The highest BCUT2D eigenvalue weighted by molar-refractivity contribution is 7.22. The topological polar surface area (TPSA) is 106 Å². The first kappa shape index (κ1) is 32.6. The van der Waals surface area contributed by atoms with Crippen LogP contribution in [0.25, 0.3) is 10.2 Å². The molecule has 0 spiro atoms. The van der Waals surface area contributed by atoms with Gasteiger partial charge >= 0.3 is 5.97 Å². The lowest BCUT2D eigenvalue weighted by Crippen LogP contribution is -2.27. The number of anilines is 4. The Morgan fingerprint density at radius 2 is 1.98 bits per heavy atom. The molecule has 13 heteroatoms. The molecular formula is C37H36FN7O3S2. The minimum absolute atomic E-state index is 0.184. The van der Waals surface area contributed by atoms with Crippen molar-refractivity contribution in [2.24, 2.45) is 11.8 Å². The number of ether oxygens (including phenoxy) is 2. The zero-order chi connectivity index (χ0) is 34.2. The number of fused-ring (bicyclic) bond motifs is 3. The van der Waals surface area contributed by atoms with E-state index in [1.54, 1.807) is 23.5 Å². The van der Waals surface area contributed by atoms with E-state index < -0.39 is 11.8 Å². The van der Waals surface area contributed by atoms with Gasteiger partial charge in [0.2, 0.25) is 0 Å². The third-order valence-electron chi connectivity index (χ3n) is 9.53. The largest absolute Gasteiger partial charge is 0.491 e. The predicted molar refractivity (Wildman–Crippen MR) is 194 cm³/mol. The monoisotopic (exact) mass is 709 g/mol. The van der Waals surface area contributed by atoms with Crippen molar-refractivity contribution in [1.29, 1.82) is 0 Å². The van der Waals surface area contributed by atoms with Gasteiger partial charge in [-0.2, -0.15) is 0 Å². The molecule has 8 rings (SSSR count). The molecule has 0 amide bonds. The molecule has 50 heavy (non-hydrogen) atoms. The molecule has 2 aliphatic heterocycles. The Bertz CT molecular complexity index is 2100. The molecule has 5 heterocycles. The Morgan fingerprint density at radius 3 is 2.80 bits per heavy atom. The van der Waals surface area contributed by atoms with Crippen molar-refractivity contribution >= 4 is 60.8 Å². The quantitative estimate of drug-likeness (QED) is 0.0934. The predicted octanol–water partition coefficient (Wildman–Crippen LogP) is 6.92. The van der Waals surface area contributed by atoms with Gasteiger partial charge in [-0.25, -0.2) is 19.2 Å². The number of piperidine rings is 1. The zero-order valence-electron chi connectivity index (χ0n) is 27.9. The molecule has 1 N–H and O–H groups in total. The summed E-state index contributed by atoms with van der Waals surface area (Å²) >= 11 is 3.01. The Kier molecular flexibility index (Phi) is 9.07. The molecule has 1 saturated carbocycles. The summed E-state index contributed by atoms with van der Waals surface area (Å²) < 4.78 is 26.8. The van der Waals surface area contributed by atoms with Crippen LogP contribution in [0.1, 0.15) is 51.3 Å². The first-order chi connectivity index (χ1) is 24.4. The van der Waals surface area contributed by atoms with Gasteiger partial charge in [0.05, 0.1) is 30.5 Å². The fourth-order valence-corrected chi connectivity index (χ4v) is 8.76. The average Bonchev–Trinajstić information content (AvgIpc) is 3.43. The summed E-state index contributed by atoms with van der Waals surface area (Å²) in [6, 6.07) is 12.9. The minimum atomic E-state index is -0.498. The van der Waals surface area contributed by atoms with E-state index in [9.17, 15) is 9.18 Å². The molecular weight excluding hydrogens is 674 g/mol. The van der Waals surface area contributed by atoms with Crippen LogP contribution in [0, 0.1) is 36.4 Å². The molecule has 5 aromatic rings. The molecule has 256 valence electrons. The summed E-state index contributed by atoms with van der Waals surface area (Å²) in [5.74, 6) is 8.66. The summed E-state index contributed by atoms with van der Waals surface area (Å²) in [6.07, 6.45) is 4.18. The Morgan fingerprint density at radius 1 is 1.12 bits per heavy atom. The molecule has 3 aliphatic rings. The fourth-order valence-electron chi connectivity index (χ4n) is 6.78. The molecule has 0 bridgehead atoms. The van der Waals surface area contributed by atoms with Gasteiger partial charge in [0.1, 0.15) is 0 Å². The van der Waals surface area contributed by atoms with Gasteiger partial charge in [0.15, 0.2) is 39.2 Å². The highest BCUT2D eigenvalue weighted by Gasteiger charge is 2.44. The number of likely N-dealkylation sites (tertiary alicyclic amines) is 1. The highest BCUT2D eigenvalue weighted by Crippen LogP contribution is 2.44. The number of methoxy groups -OCH3 is 1. The van der Waals surface area contributed by atoms with Gasteiger partial charge in [-0.05, 0) is 81.2 Å². The fraction of sp³-hybridized carbons (Fsp3) is 0.378. The summed E-state index contributed by atoms with van der Waals surface area (Å²) in [5.41, 5.74) is 3.94. The summed E-state index contributed by atoms with van der Waals surface area (Å²) in [6.45, 7) is 6.01. The number of halogens is 1. The molecule has 2 atom stereocenters. The number of hydrogen-bond acceptors (Lipinski definition) is 12. The number of esters is 1.